The van der Waals surface area contributed by atoms with Crippen LogP contribution in [0.5, 0.6) is 0 Å². The van der Waals surface area contributed by atoms with Crippen molar-refractivity contribution in [2.45, 2.75) is 64.8 Å². The lowest BCUT2D eigenvalue weighted by molar-refractivity contribution is -0.159. The van der Waals surface area contributed by atoms with Crippen LogP contribution in [0.4, 0.5) is 4.79 Å². The molecular formula is C18H28N4O5. The van der Waals surface area contributed by atoms with E-state index in [0.29, 0.717) is 17.8 Å². The normalized spacial score (nSPS) is 22.2. The number of carbonyl (C=O) groups is 2. The van der Waals surface area contributed by atoms with Gasteiger partial charge in [0.15, 0.2) is 0 Å². The lowest BCUT2D eigenvalue weighted by atomic mass is 9.82. The number of ether oxygens (including phenoxy) is 1. The zero-order chi connectivity index (χ0) is 20.1. The minimum Gasteiger partial charge on any atom is -0.444 e. The fourth-order valence-corrected chi connectivity index (χ4v) is 3.56. The van der Waals surface area contributed by atoms with E-state index >= 15 is 0 Å². The first-order valence-electron chi connectivity index (χ1n) is 9.06. The van der Waals surface area contributed by atoms with Gasteiger partial charge < -0.3 is 14.7 Å². The number of hydrogen-bond acceptors (Lipinski definition) is 6. The molecule has 1 aromatic heterocycles. The van der Waals surface area contributed by atoms with E-state index in [1.54, 1.807) is 9.58 Å². The highest BCUT2D eigenvalue weighted by Gasteiger charge is 2.43. The third-order valence-electron chi connectivity index (χ3n) is 4.65. The SMILES string of the molecule is CN1OC(CO)Cn2nc3c(c2C1=O)CN(C(=O)OC(C)(C)C)CC3(C)C. The van der Waals surface area contributed by atoms with Gasteiger partial charge in [0.25, 0.3) is 5.91 Å². The molecule has 0 bridgehead atoms. The molecule has 2 amide bonds. The average molecular weight is 380 g/mol. The Balaban J connectivity index is 2.02. The first-order valence-corrected chi connectivity index (χ1v) is 9.06. The number of amides is 2. The fourth-order valence-electron chi connectivity index (χ4n) is 3.56. The molecule has 0 spiro atoms. The Labute approximate surface area is 158 Å². The molecule has 0 aromatic carbocycles. The monoisotopic (exact) mass is 380 g/mol. The van der Waals surface area contributed by atoms with Gasteiger partial charge in [0.05, 0.1) is 25.4 Å². The van der Waals surface area contributed by atoms with Gasteiger partial charge >= 0.3 is 6.09 Å². The minimum absolute atomic E-state index is 0.227. The highest BCUT2D eigenvalue weighted by atomic mass is 16.7. The first-order chi connectivity index (χ1) is 12.4. The summed E-state index contributed by atoms with van der Waals surface area (Å²) in [6.45, 7) is 10.2. The maximum atomic E-state index is 12.9. The molecule has 150 valence electrons. The van der Waals surface area contributed by atoms with Crippen LogP contribution < -0.4 is 0 Å². The molecule has 3 rings (SSSR count). The number of aromatic nitrogens is 2. The number of carbonyl (C=O) groups excluding carboxylic acids is 2. The Hall–Kier alpha value is -2.13. The Morgan fingerprint density at radius 3 is 2.67 bits per heavy atom. The summed E-state index contributed by atoms with van der Waals surface area (Å²) < 4.78 is 7.11. The highest BCUT2D eigenvalue weighted by Crippen LogP contribution is 2.36. The number of aliphatic hydroxyl groups is 1. The second-order valence-electron chi connectivity index (χ2n) is 8.79. The standard InChI is InChI=1S/C18H28N4O5/c1-17(2,3)26-16(25)21-8-12-13-15(24)20(6)27-11(9-23)7-22(13)19-14(12)18(4,5)10-21/h11,23H,7-10H2,1-6H3. The third kappa shape index (κ3) is 3.66. The van der Waals surface area contributed by atoms with Crippen molar-refractivity contribution < 1.29 is 24.3 Å². The summed E-state index contributed by atoms with van der Waals surface area (Å²) in [5.74, 6) is -0.346. The van der Waals surface area contributed by atoms with Crippen LogP contribution in [0.15, 0.2) is 0 Å². The van der Waals surface area contributed by atoms with Gasteiger partial charge in [-0.25, -0.2) is 9.86 Å². The molecular weight excluding hydrogens is 352 g/mol. The van der Waals surface area contributed by atoms with Crippen molar-refractivity contribution in [2.75, 3.05) is 20.2 Å². The van der Waals surface area contributed by atoms with E-state index in [1.807, 2.05) is 34.6 Å². The molecule has 9 heteroatoms. The van der Waals surface area contributed by atoms with Crippen molar-refractivity contribution in [3.8, 4) is 0 Å². The van der Waals surface area contributed by atoms with Gasteiger partial charge in [0.1, 0.15) is 17.4 Å². The molecule has 27 heavy (non-hydrogen) atoms. The summed E-state index contributed by atoms with van der Waals surface area (Å²) >= 11 is 0. The molecule has 0 saturated heterocycles. The van der Waals surface area contributed by atoms with E-state index in [1.165, 1.54) is 7.05 Å². The minimum atomic E-state index is -0.602. The number of aliphatic hydroxyl groups excluding tert-OH is 1. The third-order valence-corrected chi connectivity index (χ3v) is 4.65. The van der Waals surface area contributed by atoms with Crippen LogP contribution in [0.1, 0.15) is 56.4 Å². The number of hydrogen-bond donors (Lipinski definition) is 1. The average Bonchev–Trinajstić information content (AvgIpc) is 2.84. The second kappa shape index (κ2) is 6.49. The van der Waals surface area contributed by atoms with Crippen LogP contribution in [0.2, 0.25) is 0 Å². The largest absolute Gasteiger partial charge is 0.444 e. The molecule has 0 radical (unpaired) electrons. The molecule has 1 aromatic rings. The van der Waals surface area contributed by atoms with Gasteiger partial charge in [-0.05, 0) is 20.8 Å². The second-order valence-corrected chi connectivity index (χ2v) is 8.79. The molecule has 1 atom stereocenters. The molecule has 0 fully saturated rings. The summed E-state index contributed by atoms with van der Waals surface area (Å²) in [7, 11) is 1.51. The van der Waals surface area contributed by atoms with Crippen LogP contribution in [0.3, 0.4) is 0 Å². The molecule has 1 unspecified atom stereocenters. The van der Waals surface area contributed by atoms with E-state index in [0.717, 1.165) is 10.8 Å². The highest BCUT2D eigenvalue weighted by molar-refractivity contribution is 5.94. The Morgan fingerprint density at radius 2 is 2.07 bits per heavy atom. The summed E-state index contributed by atoms with van der Waals surface area (Å²) in [6, 6.07) is 0. The summed E-state index contributed by atoms with van der Waals surface area (Å²) in [6.07, 6.45) is -0.980. The van der Waals surface area contributed by atoms with Gasteiger partial charge in [-0.3, -0.25) is 14.3 Å². The van der Waals surface area contributed by atoms with Crippen molar-refractivity contribution in [1.29, 1.82) is 0 Å². The van der Waals surface area contributed by atoms with E-state index in [9.17, 15) is 14.7 Å². The van der Waals surface area contributed by atoms with Gasteiger partial charge in [-0.15, -0.1) is 0 Å². The van der Waals surface area contributed by atoms with E-state index < -0.39 is 23.2 Å². The number of rotatable bonds is 1. The summed E-state index contributed by atoms with van der Waals surface area (Å²) in [5, 5.41) is 15.3. The zero-order valence-corrected chi connectivity index (χ0v) is 16.8. The van der Waals surface area contributed by atoms with Crippen LogP contribution in [0, 0.1) is 0 Å². The molecule has 0 aliphatic carbocycles. The first kappa shape index (κ1) is 19.6. The summed E-state index contributed by atoms with van der Waals surface area (Å²) in [4.78, 5) is 32.6. The maximum Gasteiger partial charge on any atom is 0.410 e. The molecule has 2 aliphatic heterocycles. The fraction of sp³-hybridized carbons (Fsp3) is 0.722. The Bertz CT molecular complexity index is 765. The van der Waals surface area contributed by atoms with Crippen LogP contribution >= 0.6 is 0 Å². The van der Waals surface area contributed by atoms with Crippen molar-refractivity contribution in [3.05, 3.63) is 17.0 Å². The van der Waals surface area contributed by atoms with Crippen molar-refractivity contribution >= 4 is 12.0 Å². The molecule has 2 aliphatic rings. The molecule has 0 saturated carbocycles. The zero-order valence-electron chi connectivity index (χ0n) is 16.8. The van der Waals surface area contributed by atoms with E-state index in [-0.39, 0.29) is 25.6 Å². The van der Waals surface area contributed by atoms with Crippen LogP contribution in [-0.2, 0) is 28.1 Å². The number of nitrogens with zero attached hydrogens (tertiary/aromatic N) is 4. The molecule has 1 N–H and O–H groups in total. The van der Waals surface area contributed by atoms with Gasteiger partial charge in [-0.2, -0.15) is 5.10 Å². The van der Waals surface area contributed by atoms with E-state index in [4.69, 9.17) is 9.57 Å². The molecule has 9 nitrogen and oxygen atoms in total. The lowest BCUT2D eigenvalue weighted by Crippen LogP contribution is -2.47. The van der Waals surface area contributed by atoms with Crippen molar-refractivity contribution in [2.24, 2.45) is 0 Å². The van der Waals surface area contributed by atoms with Crippen molar-refractivity contribution in [1.82, 2.24) is 19.7 Å². The smallest absolute Gasteiger partial charge is 0.410 e. The van der Waals surface area contributed by atoms with Crippen LogP contribution in [0.25, 0.3) is 0 Å². The van der Waals surface area contributed by atoms with Gasteiger partial charge in [0.2, 0.25) is 0 Å². The number of hydroxylamine groups is 2. The van der Waals surface area contributed by atoms with Crippen LogP contribution in [-0.4, -0.2) is 68.8 Å². The topological polar surface area (TPSA) is 97.1 Å². The number of fused-ring (bicyclic) bond motifs is 3. The predicted octanol–water partition coefficient (Wildman–Crippen LogP) is 1.29. The van der Waals surface area contributed by atoms with Gasteiger partial charge in [0, 0.05) is 24.6 Å². The summed E-state index contributed by atoms with van der Waals surface area (Å²) in [5.41, 5.74) is 0.840. The maximum absolute atomic E-state index is 12.9. The van der Waals surface area contributed by atoms with Crippen molar-refractivity contribution in [3.63, 3.8) is 0 Å². The predicted molar refractivity (Wildman–Crippen MR) is 95.9 cm³/mol. The van der Waals surface area contributed by atoms with E-state index in [2.05, 4.69) is 5.10 Å². The molecule has 3 heterocycles. The lowest BCUT2D eigenvalue weighted by Gasteiger charge is -2.38. The Morgan fingerprint density at radius 1 is 1.41 bits per heavy atom. The Kier molecular flexibility index (Phi) is 4.72. The van der Waals surface area contributed by atoms with Gasteiger partial charge in [-0.1, -0.05) is 13.8 Å². The quantitative estimate of drug-likeness (QED) is 0.789.